The Bertz CT molecular complexity index is 88.9. The van der Waals surface area contributed by atoms with Gasteiger partial charge in [0.05, 0.1) is 0 Å². The molecule has 0 radical (unpaired) electrons. The SMILES string of the molecule is C=CC[N+]([O-])=NO. The van der Waals surface area contributed by atoms with Gasteiger partial charge in [0.25, 0.3) is 0 Å². The second-order valence-corrected chi connectivity index (χ2v) is 0.913. The Morgan fingerprint density at radius 2 is 2.57 bits per heavy atom. The van der Waals surface area contributed by atoms with E-state index in [0.29, 0.717) is 0 Å². The zero-order valence-electron chi connectivity index (χ0n) is 3.74. The normalized spacial score (nSPS) is 11.1. The molecule has 40 valence electrons. The molecule has 0 aliphatic carbocycles. The van der Waals surface area contributed by atoms with Crippen molar-refractivity contribution in [3.05, 3.63) is 17.9 Å². The fourth-order valence-electron chi connectivity index (χ4n) is 0.147. The maximum atomic E-state index is 9.84. The largest absolute Gasteiger partial charge is 0.597 e. The summed E-state index contributed by atoms with van der Waals surface area (Å²) in [6.07, 6.45) is 1.34. The molecule has 0 heterocycles. The smallest absolute Gasteiger partial charge is 0.202 e. The molecular formula is C3H6N2O2. The van der Waals surface area contributed by atoms with Crippen LogP contribution < -0.4 is 0 Å². The highest BCUT2D eigenvalue weighted by Gasteiger charge is 1.82. The third-order valence-electron chi connectivity index (χ3n) is 0.385. The molecule has 0 atom stereocenters. The average molecular weight is 102 g/mol. The molecule has 0 fully saturated rings. The molecular weight excluding hydrogens is 96.0 g/mol. The first-order valence-electron chi connectivity index (χ1n) is 1.72. The quantitative estimate of drug-likeness (QED) is 0.239. The Balaban J connectivity index is 3.36. The molecule has 0 aliphatic heterocycles. The number of nitrogens with zero attached hydrogens (tertiary/aromatic N) is 2. The van der Waals surface area contributed by atoms with Crippen molar-refractivity contribution >= 4 is 0 Å². The van der Waals surface area contributed by atoms with E-state index in [1.807, 2.05) is 0 Å². The Morgan fingerprint density at radius 1 is 2.00 bits per heavy atom. The van der Waals surface area contributed by atoms with Crippen LogP contribution in [0.15, 0.2) is 17.9 Å². The van der Waals surface area contributed by atoms with Gasteiger partial charge in [-0.1, -0.05) is 11.4 Å². The van der Waals surface area contributed by atoms with Crippen molar-refractivity contribution in [2.45, 2.75) is 0 Å². The minimum atomic E-state index is 0.0243. The van der Waals surface area contributed by atoms with Crippen molar-refractivity contribution in [3.8, 4) is 0 Å². The van der Waals surface area contributed by atoms with Crippen molar-refractivity contribution in [2.24, 2.45) is 5.28 Å². The van der Waals surface area contributed by atoms with Crippen molar-refractivity contribution in [3.63, 3.8) is 0 Å². The topological polar surface area (TPSA) is 58.7 Å². The summed E-state index contributed by atoms with van der Waals surface area (Å²) in [5.74, 6) is 0. The Kier molecular flexibility index (Phi) is 2.67. The molecule has 4 nitrogen and oxygen atoms in total. The fourth-order valence-corrected chi connectivity index (χ4v) is 0.147. The minimum Gasteiger partial charge on any atom is -0.597 e. The van der Waals surface area contributed by atoms with Crippen LogP contribution in [0.4, 0.5) is 0 Å². The molecule has 0 spiro atoms. The first kappa shape index (κ1) is 5.94. The third kappa shape index (κ3) is 2.75. The molecule has 0 saturated carbocycles. The van der Waals surface area contributed by atoms with Gasteiger partial charge in [0.1, 0.15) is 0 Å². The number of hydrogen-bond acceptors (Lipinski definition) is 2. The van der Waals surface area contributed by atoms with Gasteiger partial charge in [-0.3, -0.25) is 0 Å². The van der Waals surface area contributed by atoms with Crippen molar-refractivity contribution < 1.29 is 10.1 Å². The van der Waals surface area contributed by atoms with E-state index in [0.717, 1.165) is 0 Å². The average Bonchev–Trinajstić information content (AvgIpc) is 1.68. The van der Waals surface area contributed by atoms with E-state index in [9.17, 15) is 5.21 Å². The van der Waals surface area contributed by atoms with E-state index in [1.165, 1.54) is 6.08 Å². The predicted octanol–water partition coefficient (Wildman–Crippen LogP) is 0.524. The lowest BCUT2D eigenvalue weighted by Gasteiger charge is -1.88. The Labute approximate surface area is 40.9 Å². The van der Waals surface area contributed by atoms with Crippen LogP contribution >= 0.6 is 0 Å². The Morgan fingerprint density at radius 3 is 2.71 bits per heavy atom. The molecule has 0 unspecified atom stereocenters. The van der Waals surface area contributed by atoms with Crippen LogP contribution in [0.1, 0.15) is 0 Å². The van der Waals surface area contributed by atoms with Gasteiger partial charge in [0.2, 0.25) is 6.54 Å². The summed E-state index contributed by atoms with van der Waals surface area (Å²) in [5.41, 5.74) is 0. The summed E-state index contributed by atoms with van der Waals surface area (Å²) in [5, 5.41) is 19.8. The van der Waals surface area contributed by atoms with Gasteiger partial charge in [-0.2, -0.15) is 0 Å². The van der Waals surface area contributed by atoms with Crippen LogP contribution in [0.5, 0.6) is 0 Å². The molecule has 0 aliphatic rings. The number of hydrogen-bond donors (Lipinski definition) is 1. The van der Waals surface area contributed by atoms with Gasteiger partial charge in [0.15, 0.2) is 5.28 Å². The van der Waals surface area contributed by atoms with E-state index in [2.05, 4.69) is 11.9 Å². The van der Waals surface area contributed by atoms with Gasteiger partial charge in [0, 0.05) is 0 Å². The molecule has 0 aromatic carbocycles. The van der Waals surface area contributed by atoms with Gasteiger partial charge >= 0.3 is 0 Å². The maximum absolute atomic E-state index is 9.84. The first-order chi connectivity index (χ1) is 3.31. The van der Waals surface area contributed by atoms with E-state index < -0.39 is 0 Å². The number of hydroxylamine groups is 1. The van der Waals surface area contributed by atoms with Crippen molar-refractivity contribution in [1.82, 2.24) is 0 Å². The highest BCUT2D eigenvalue weighted by Crippen LogP contribution is 1.70. The molecule has 0 aromatic rings. The van der Waals surface area contributed by atoms with Crippen LogP contribution in [0.2, 0.25) is 0 Å². The highest BCUT2D eigenvalue weighted by atomic mass is 16.6. The lowest BCUT2D eigenvalue weighted by Crippen LogP contribution is -1.97. The molecule has 0 rings (SSSR count). The third-order valence-corrected chi connectivity index (χ3v) is 0.385. The fraction of sp³-hybridized carbons (Fsp3) is 0.333. The molecule has 0 bridgehead atoms. The van der Waals surface area contributed by atoms with Gasteiger partial charge < -0.3 is 10.4 Å². The summed E-state index contributed by atoms with van der Waals surface area (Å²) in [7, 11) is 0. The summed E-state index contributed by atoms with van der Waals surface area (Å²) >= 11 is 0. The highest BCUT2D eigenvalue weighted by molar-refractivity contribution is 4.61. The van der Waals surface area contributed by atoms with Crippen LogP contribution in [0, 0.1) is 5.21 Å². The van der Waals surface area contributed by atoms with Gasteiger partial charge in [-0.05, 0) is 6.08 Å². The monoisotopic (exact) mass is 102 g/mol. The molecule has 4 heteroatoms. The molecule has 1 N–H and O–H groups in total. The Hall–Kier alpha value is -1.06. The summed E-state index contributed by atoms with van der Waals surface area (Å²) in [4.78, 5) is 0.118. The number of rotatable bonds is 2. The van der Waals surface area contributed by atoms with E-state index in [1.54, 1.807) is 0 Å². The summed E-state index contributed by atoms with van der Waals surface area (Å²) in [6.45, 7) is 3.26. The van der Waals surface area contributed by atoms with Crippen molar-refractivity contribution in [2.75, 3.05) is 6.54 Å². The van der Waals surface area contributed by atoms with Crippen LogP contribution in [0.3, 0.4) is 0 Å². The summed E-state index contributed by atoms with van der Waals surface area (Å²) in [6, 6.07) is 0. The molecule has 0 aromatic heterocycles. The lowest BCUT2D eigenvalue weighted by atomic mass is 10.7. The molecule has 0 amide bonds. The van der Waals surface area contributed by atoms with E-state index in [-0.39, 0.29) is 11.4 Å². The summed E-state index contributed by atoms with van der Waals surface area (Å²) < 4.78 is 0. The van der Waals surface area contributed by atoms with Gasteiger partial charge in [-0.15, -0.1) is 0 Å². The molecule has 0 saturated heterocycles. The standard InChI is InChI=1S/C3H6N2O2/c1-2-3-5(7)4-6/h2,6H,1,3H2. The minimum absolute atomic E-state index is 0.0243. The predicted molar refractivity (Wildman–Crippen MR) is 22.9 cm³/mol. The van der Waals surface area contributed by atoms with E-state index >= 15 is 0 Å². The zero-order valence-corrected chi connectivity index (χ0v) is 3.74. The van der Waals surface area contributed by atoms with Crippen LogP contribution in [-0.4, -0.2) is 16.6 Å². The second kappa shape index (κ2) is 3.14. The van der Waals surface area contributed by atoms with E-state index in [4.69, 9.17) is 5.21 Å². The lowest BCUT2D eigenvalue weighted by molar-refractivity contribution is -0.546. The first-order valence-corrected chi connectivity index (χ1v) is 1.72. The maximum Gasteiger partial charge on any atom is 0.202 e. The van der Waals surface area contributed by atoms with Crippen molar-refractivity contribution in [1.29, 1.82) is 0 Å². The molecule has 7 heavy (non-hydrogen) atoms. The van der Waals surface area contributed by atoms with Crippen LogP contribution in [0.25, 0.3) is 0 Å². The van der Waals surface area contributed by atoms with Crippen LogP contribution in [-0.2, 0) is 0 Å². The second-order valence-electron chi connectivity index (χ2n) is 0.913. The zero-order chi connectivity index (χ0) is 5.70. The van der Waals surface area contributed by atoms with Gasteiger partial charge in [-0.25, -0.2) is 0 Å².